The van der Waals surface area contributed by atoms with Crippen LogP contribution in [0, 0.1) is 0 Å². The van der Waals surface area contributed by atoms with Gasteiger partial charge < -0.3 is 14.6 Å². The number of ether oxygens (including phenoxy) is 2. The number of imide groups is 1. The quantitative estimate of drug-likeness (QED) is 0.637. The third-order valence-corrected chi connectivity index (χ3v) is 3.73. The van der Waals surface area contributed by atoms with Crippen molar-refractivity contribution in [1.29, 1.82) is 0 Å². The number of hydrogen-bond donors (Lipinski definition) is 2. The second kappa shape index (κ2) is 7.55. The zero-order chi connectivity index (χ0) is 16.8. The molecule has 1 heterocycles. The molecule has 1 aromatic carbocycles. The van der Waals surface area contributed by atoms with Crippen molar-refractivity contribution in [3.05, 3.63) is 46.9 Å². The van der Waals surface area contributed by atoms with E-state index >= 15 is 0 Å². The van der Waals surface area contributed by atoms with E-state index in [2.05, 4.69) is 5.32 Å². The standard InChI is InChI=1S/C16H15NO5S/c1-21-11-8-10(9-12(22-2)14(11)18)6-4-3-5-7-13-15(19)17-16(20)23-13/h3-9,18H,1-2H3,(H,17,19,20). The van der Waals surface area contributed by atoms with Crippen LogP contribution in [0.1, 0.15) is 5.56 Å². The number of methoxy groups -OCH3 is 2. The molecule has 1 aliphatic rings. The number of aromatic hydroxyl groups is 1. The van der Waals surface area contributed by atoms with Crippen molar-refractivity contribution < 1.29 is 24.2 Å². The molecule has 0 atom stereocenters. The van der Waals surface area contributed by atoms with Gasteiger partial charge in [-0.15, -0.1) is 0 Å². The molecule has 2 N–H and O–H groups in total. The van der Waals surface area contributed by atoms with Gasteiger partial charge >= 0.3 is 0 Å². The normalized spacial score (nSPS) is 16.5. The first-order chi connectivity index (χ1) is 11.0. The van der Waals surface area contributed by atoms with Gasteiger partial charge in [0.15, 0.2) is 11.5 Å². The lowest BCUT2D eigenvalue weighted by Crippen LogP contribution is -2.17. The molecule has 0 aromatic heterocycles. The summed E-state index contributed by atoms with van der Waals surface area (Å²) in [4.78, 5) is 22.7. The van der Waals surface area contributed by atoms with Crippen LogP contribution in [0.4, 0.5) is 4.79 Å². The van der Waals surface area contributed by atoms with Crippen molar-refractivity contribution >= 4 is 29.0 Å². The van der Waals surface area contributed by atoms with Crippen LogP contribution in [0.3, 0.4) is 0 Å². The van der Waals surface area contributed by atoms with E-state index < -0.39 is 0 Å². The highest BCUT2D eigenvalue weighted by atomic mass is 32.2. The van der Waals surface area contributed by atoms with E-state index in [0.29, 0.717) is 16.4 Å². The number of carbonyl (C=O) groups is 2. The van der Waals surface area contributed by atoms with Crippen LogP contribution in [0.5, 0.6) is 17.2 Å². The third kappa shape index (κ3) is 4.17. The van der Waals surface area contributed by atoms with Crippen molar-refractivity contribution in [3.63, 3.8) is 0 Å². The summed E-state index contributed by atoms with van der Waals surface area (Å²) in [6.45, 7) is 0. The molecule has 6 nitrogen and oxygen atoms in total. The van der Waals surface area contributed by atoms with Gasteiger partial charge in [-0.25, -0.2) is 0 Å². The SMILES string of the molecule is COc1cc(C=CC=CC=C2SC(=O)NC2=O)cc(OC)c1O. The molecule has 0 unspecified atom stereocenters. The van der Waals surface area contributed by atoms with E-state index in [9.17, 15) is 14.7 Å². The summed E-state index contributed by atoms with van der Waals surface area (Å²) < 4.78 is 10.1. The Labute approximate surface area is 137 Å². The van der Waals surface area contributed by atoms with Gasteiger partial charge in [-0.3, -0.25) is 14.9 Å². The molecule has 7 heteroatoms. The Morgan fingerprint density at radius 1 is 1.09 bits per heavy atom. The highest BCUT2D eigenvalue weighted by Crippen LogP contribution is 2.37. The number of nitrogens with one attached hydrogen (secondary N) is 1. The van der Waals surface area contributed by atoms with Gasteiger partial charge in [-0.2, -0.15) is 0 Å². The lowest BCUT2D eigenvalue weighted by molar-refractivity contribution is -0.115. The summed E-state index contributed by atoms with van der Waals surface area (Å²) >= 11 is 0.865. The first kappa shape index (κ1) is 16.7. The molecule has 2 amide bonds. The van der Waals surface area contributed by atoms with Gasteiger partial charge in [-0.05, 0) is 35.5 Å². The highest BCUT2D eigenvalue weighted by Gasteiger charge is 2.24. The number of carbonyl (C=O) groups excluding carboxylic acids is 2. The van der Waals surface area contributed by atoms with Crippen molar-refractivity contribution in [2.75, 3.05) is 14.2 Å². The summed E-state index contributed by atoms with van der Waals surface area (Å²) in [5, 5.41) is 11.6. The monoisotopic (exact) mass is 333 g/mol. The van der Waals surface area contributed by atoms with Crippen LogP contribution in [-0.2, 0) is 4.79 Å². The lowest BCUT2D eigenvalue weighted by Gasteiger charge is -2.09. The third-order valence-electron chi connectivity index (χ3n) is 2.90. The number of benzene rings is 1. The predicted molar refractivity (Wildman–Crippen MR) is 88.6 cm³/mol. The van der Waals surface area contributed by atoms with Gasteiger partial charge in [0.25, 0.3) is 11.1 Å². The van der Waals surface area contributed by atoms with Crippen LogP contribution in [-0.4, -0.2) is 30.5 Å². The number of phenolic OH excluding ortho intramolecular Hbond substituents is 1. The maximum atomic E-state index is 11.3. The van der Waals surface area contributed by atoms with E-state index in [-0.39, 0.29) is 16.9 Å². The Hall–Kier alpha value is -2.67. The molecule has 120 valence electrons. The minimum atomic E-state index is -0.387. The Kier molecular flexibility index (Phi) is 5.48. The molecular formula is C16H15NO5S. The molecule has 0 spiro atoms. The number of thioether (sulfide) groups is 1. The zero-order valence-corrected chi connectivity index (χ0v) is 13.3. The van der Waals surface area contributed by atoms with Crippen molar-refractivity contribution in [3.8, 4) is 17.2 Å². The van der Waals surface area contributed by atoms with Crippen molar-refractivity contribution in [1.82, 2.24) is 5.32 Å². The molecule has 0 bridgehead atoms. The summed E-state index contributed by atoms with van der Waals surface area (Å²) in [5.74, 6) is 0.184. The fourth-order valence-electron chi connectivity index (χ4n) is 1.82. The highest BCUT2D eigenvalue weighted by molar-refractivity contribution is 8.18. The summed E-state index contributed by atoms with van der Waals surface area (Å²) in [6, 6.07) is 3.33. The summed E-state index contributed by atoms with van der Waals surface area (Å²) in [7, 11) is 2.92. The Morgan fingerprint density at radius 2 is 1.74 bits per heavy atom. The average Bonchev–Trinajstić information content (AvgIpc) is 2.85. The molecule has 1 aromatic rings. The fraction of sp³-hybridized carbons (Fsp3) is 0.125. The number of hydrogen-bond acceptors (Lipinski definition) is 6. The average molecular weight is 333 g/mol. The minimum absolute atomic E-state index is 0.0543. The van der Waals surface area contributed by atoms with Gasteiger partial charge in [-0.1, -0.05) is 24.3 Å². The summed E-state index contributed by atoms with van der Waals surface area (Å²) in [5.41, 5.74) is 0.775. The number of rotatable bonds is 5. The number of phenols is 1. The van der Waals surface area contributed by atoms with Crippen LogP contribution in [0.25, 0.3) is 6.08 Å². The largest absolute Gasteiger partial charge is 0.502 e. The lowest BCUT2D eigenvalue weighted by atomic mass is 10.1. The molecule has 2 rings (SSSR count). The van der Waals surface area contributed by atoms with Gasteiger partial charge in [0, 0.05) is 0 Å². The summed E-state index contributed by atoms with van der Waals surface area (Å²) in [6.07, 6.45) is 8.47. The van der Waals surface area contributed by atoms with Crippen LogP contribution in [0.15, 0.2) is 41.3 Å². The zero-order valence-electron chi connectivity index (χ0n) is 12.5. The molecular weight excluding hydrogens is 318 g/mol. The van der Waals surface area contributed by atoms with Gasteiger partial charge in [0.05, 0.1) is 19.1 Å². The van der Waals surface area contributed by atoms with Crippen molar-refractivity contribution in [2.24, 2.45) is 0 Å². The van der Waals surface area contributed by atoms with Crippen LogP contribution >= 0.6 is 11.8 Å². The van der Waals surface area contributed by atoms with Crippen molar-refractivity contribution in [2.45, 2.75) is 0 Å². The maximum absolute atomic E-state index is 11.3. The number of amides is 2. The maximum Gasteiger partial charge on any atom is 0.290 e. The van der Waals surface area contributed by atoms with Crippen LogP contribution < -0.4 is 14.8 Å². The predicted octanol–water partition coefficient (Wildman–Crippen LogP) is 2.85. The van der Waals surface area contributed by atoms with Gasteiger partial charge in [0.1, 0.15) is 0 Å². The number of allylic oxidation sites excluding steroid dienone is 4. The first-order valence-electron chi connectivity index (χ1n) is 6.58. The second-order valence-corrected chi connectivity index (χ2v) is 5.41. The smallest absolute Gasteiger partial charge is 0.290 e. The topological polar surface area (TPSA) is 84.9 Å². The Bertz CT molecular complexity index is 696. The molecule has 1 saturated heterocycles. The Balaban J connectivity index is 2.09. The van der Waals surface area contributed by atoms with E-state index in [1.54, 1.807) is 42.5 Å². The van der Waals surface area contributed by atoms with E-state index in [0.717, 1.165) is 17.3 Å². The van der Waals surface area contributed by atoms with E-state index in [1.807, 2.05) is 0 Å². The second-order valence-electron chi connectivity index (χ2n) is 4.39. The Morgan fingerprint density at radius 3 is 2.26 bits per heavy atom. The molecule has 1 fully saturated rings. The minimum Gasteiger partial charge on any atom is -0.502 e. The van der Waals surface area contributed by atoms with Gasteiger partial charge in [0.2, 0.25) is 5.75 Å². The van der Waals surface area contributed by atoms with E-state index in [1.165, 1.54) is 14.2 Å². The fourth-order valence-corrected chi connectivity index (χ4v) is 2.45. The molecule has 23 heavy (non-hydrogen) atoms. The van der Waals surface area contributed by atoms with E-state index in [4.69, 9.17) is 9.47 Å². The molecule has 0 saturated carbocycles. The first-order valence-corrected chi connectivity index (χ1v) is 7.40. The molecule has 0 aliphatic carbocycles. The van der Waals surface area contributed by atoms with Crippen LogP contribution in [0.2, 0.25) is 0 Å². The molecule has 0 radical (unpaired) electrons. The molecule has 1 aliphatic heterocycles.